The number of amides is 1. The molecule has 12 heteroatoms. The summed E-state index contributed by atoms with van der Waals surface area (Å²) in [6, 6.07) is 18.2. The fraction of sp³-hybridized carbons (Fsp3) is 0.406. The van der Waals surface area contributed by atoms with Crippen LogP contribution in [0.15, 0.2) is 72.8 Å². The predicted molar refractivity (Wildman–Crippen MR) is 168 cm³/mol. The summed E-state index contributed by atoms with van der Waals surface area (Å²) in [5.41, 5.74) is 1.25. The van der Waals surface area contributed by atoms with Crippen molar-refractivity contribution in [2.45, 2.75) is 68.3 Å². The van der Waals surface area contributed by atoms with Gasteiger partial charge in [-0.2, -0.15) is 0 Å². The lowest BCUT2D eigenvalue weighted by atomic mass is 9.89. The number of halogens is 3. The minimum atomic E-state index is -3.94. The molecule has 44 heavy (non-hydrogen) atoms. The number of aliphatic hydroxyl groups excluding tert-OH is 2. The fourth-order valence-electron chi connectivity index (χ4n) is 5.73. The van der Waals surface area contributed by atoms with E-state index in [-0.39, 0.29) is 18.7 Å². The van der Waals surface area contributed by atoms with E-state index in [2.05, 4.69) is 0 Å². The van der Waals surface area contributed by atoms with Crippen molar-refractivity contribution in [1.29, 1.82) is 0 Å². The third kappa shape index (κ3) is 6.90. The van der Waals surface area contributed by atoms with Gasteiger partial charge >= 0.3 is 0 Å². The first-order valence-electron chi connectivity index (χ1n) is 14.6. The van der Waals surface area contributed by atoms with Crippen LogP contribution in [0.4, 0.5) is 10.1 Å². The first kappa shape index (κ1) is 32.7. The number of morpholine rings is 1. The molecule has 1 aliphatic carbocycles. The van der Waals surface area contributed by atoms with E-state index in [0.29, 0.717) is 40.4 Å². The number of benzene rings is 3. The zero-order valence-electron chi connectivity index (χ0n) is 24.1. The molecule has 3 aromatic rings. The maximum absolute atomic E-state index is 15.2. The molecule has 2 aliphatic rings. The van der Waals surface area contributed by atoms with Gasteiger partial charge in [0.25, 0.3) is 5.91 Å². The summed E-state index contributed by atoms with van der Waals surface area (Å²) >= 11 is 12.6. The molecule has 1 saturated heterocycles. The Hall–Kier alpha value is -2.73. The molecule has 5 rings (SSSR count). The Morgan fingerprint density at radius 2 is 1.73 bits per heavy atom. The first-order valence-corrected chi connectivity index (χ1v) is 16.8. The van der Waals surface area contributed by atoms with Crippen molar-refractivity contribution in [1.82, 2.24) is 4.90 Å². The summed E-state index contributed by atoms with van der Waals surface area (Å²) < 4.78 is 50.2. The Morgan fingerprint density at radius 3 is 2.34 bits per heavy atom. The molecule has 1 heterocycles. The highest BCUT2D eigenvalue weighted by Gasteiger charge is 2.49. The molecule has 1 amide bonds. The number of sulfonamides is 1. The second-order valence-electron chi connectivity index (χ2n) is 11.2. The normalized spacial score (nSPS) is 22.1. The van der Waals surface area contributed by atoms with E-state index in [1.54, 1.807) is 53.4 Å². The Balaban J connectivity index is 1.65. The summed E-state index contributed by atoms with van der Waals surface area (Å²) in [7, 11) is -3.94. The number of hydrogen-bond donors (Lipinski definition) is 2. The molecule has 2 fully saturated rings. The third-order valence-corrected chi connectivity index (χ3v) is 10.9. The average molecular weight is 666 g/mol. The Morgan fingerprint density at radius 1 is 1.02 bits per heavy atom. The maximum atomic E-state index is 15.2. The number of aliphatic hydroxyl groups is 2. The molecule has 0 aromatic heterocycles. The molecule has 5 atom stereocenters. The monoisotopic (exact) mass is 664 g/mol. The third-order valence-electron chi connectivity index (χ3n) is 8.13. The van der Waals surface area contributed by atoms with Crippen LogP contribution in [0.3, 0.4) is 0 Å². The van der Waals surface area contributed by atoms with Crippen LogP contribution < -0.4 is 4.31 Å². The molecule has 2 N–H and O–H groups in total. The standard InChI is InChI=1S/C32H35Cl2FN2O6S/c1-2-24(18-36(44(41,42)26-14-15-26)28-9-4-3-8-27(28)35)37-30(20-10-12-22(33)13-11-20)31(21-6-5-7-23(34)16-21)43-29(32(37)40)17-25(39)19-38/h3-13,16,24-26,29-31,38-39H,2,14-15,17-19H2,1H3/t24-,25+,29-,30+,31+/m0/s1. The van der Waals surface area contributed by atoms with Crippen molar-refractivity contribution in [3.05, 3.63) is 99.8 Å². The van der Waals surface area contributed by atoms with Crippen LogP contribution in [-0.4, -0.2) is 66.1 Å². The van der Waals surface area contributed by atoms with E-state index in [1.165, 1.54) is 18.2 Å². The predicted octanol–water partition coefficient (Wildman–Crippen LogP) is 5.66. The highest BCUT2D eigenvalue weighted by molar-refractivity contribution is 7.93. The summed E-state index contributed by atoms with van der Waals surface area (Å²) in [5, 5.41) is 20.3. The topological polar surface area (TPSA) is 107 Å². The molecule has 0 unspecified atom stereocenters. The number of nitrogens with zero attached hydrogens (tertiary/aromatic N) is 2. The summed E-state index contributed by atoms with van der Waals surface area (Å²) in [6.45, 7) is 1.05. The van der Waals surface area contributed by atoms with E-state index in [9.17, 15) is 23.4 Å². The van der Waals surface area contributed by atoms with Crippen molar-refractivity contribution in [2.24, 2.45) is 0 Å². The highest BCUT2D eigenvalue weighted by Crippen LogP contribution is 2.45. The van der Waals surface area contributed by atoms with Gasteiger partial charge in [0.15, 0.2) is 0 Å². The number of carbonyl (C=O) groups is 1. The van der Waals surface area contributed by atoms with Gasteiger partial charge in [-0.05, 0) is 66.8 Å². The van der Waals surface area contributed by atoms with Crippen LogP contribution in [0.2, 0.25) is 10.0 Å². The van der Waals surface area contributed by atoms with Gasteiger partial charge in [0, 0.05) is 16.5 Å². The van der Waals surface area contributed by atoms with Gasteiger partial charge in [-0.15, -0.1) is 0 Å². The molecule has 1 aliphatic heterocycles. The second kappa shape index (κ2) is 13.7. The smallest absolute Gasteiger partial charge is 0.252 e. The minimum Gasteiger partial charge on any atom is -0.394 e. The van der Waals surface area contributed by atoms with Crippen molar-refractivity contribution in [2.75, 3.05) is 17.5 Å². The van der Waals surface area contributed by atoms with E-state index in [1.807, 2.05) is 13.0 Å². The van der Waals surface area contributed by atoms with Gasteiger partial charge in [-0.3, -0.25) is 9.10 Å². The lowest BCUT2D eigenvalue weighted by Gasteiger charge is -2.49. The van der Waals surface area contributed by atoms with Crippen LogP contribution in [-0.2, 0) is 19.6 Å². The number of para-hydroxylation sites is 1. The van der Waals surface area contributed by atoms with Gasteiger partial charge in [0.05, 0.1) is 42.3 Å². The van der Waals surface area contributed by atoms with Crippen molar-refractivity contribution < 1.29 is 32.6 Å². The Kier molecular flexibility index (Phi) is 10.2. The molecule has 236 valence electrons. The molecule has 3 aromatic carbocycles. The first-order chi connectivity index (χ1) is 21.0. The SMILES string of the molecule is CC[C@@H](CN(c1ccccc1F)S(=O)(=O)C1CC1)N1C(=O)[C@H](C[C@@H](O)CO)O[C@H](c2cccc(Cl)c2)[C@H]1c1ccc(Cl)cc1. The zero-order valence-corrected chi connectivity index (χ0v) is 26.4. The number of ether oxygens (including phenoxy) is 1. The van der Waals surface area contributed by atoms with Gasteiger partial charge in [0.2, 0.25) is 10.0 Å². The highest BCUT2D eigenvalue weighted by atomic mass is 35.5. The quantitative estimate of drug-likeness (QED) is 0.259. The van der Waals surface area contributed by atoms with Crippen molar-refractivity contribution in [3.8, 4) is 0 Å². The maximum Gasteiger partial charge on any atom is 0.252 e. The lowest BCUT2D eigenvalue weighted by Crippen LogP contribution is -2.58. The molecule has 0 bridgehead atoms. The zero-order chi connectivity index (χ0) is 31.6. The van der Waals surface area contributed by atoms with Gasteiger partial charge in [0.1, 0.15) is 18.0 Å². The molecule has 0 radical (unpaired) electrons. The number of anilines is 1. The average Bonchev–Trinajstić information content (AvgIpc) is 3.86. The molecular weight excluding hydrogens is 630 g/mol. The van der Waals surface area contributed by atoms with Crippen LogP contribution in [0.5, 0.6) is 0 Å². The van der Waals surface area contributed by atoms with Crippen LogP contribution in [0, 0.1) is 5.82 Å². The number of carbonyl (C=O) groups excluding carboxylic acids is 1. The largest absolute Gasteiger partial charge is 0.394 e. The molecular formula is C32H35Cl2FN2O6S. The fourth-order valence-corrected chi connectivity index (χ4v) is 7.95. The van der Waals surface area contributed by atoms with E-state index >= 15 is 4.39 Å². The van der Waals surface area contributed by atoms with Gasteiger partial charge in [-0.25, -0.2) is 12.8 Å². The second-order valence-corrected chi connectivity index (χ2v) is 14.2. The van der Waals surface area contributed by atoms with Gasteiger partial charge < -0.3 is 19.8 Å². The summed E-state index contributed by atoms with van der Waals surface area (Å²) in [6.07, 6.45) is -2.11. The number of hydrogen-bond acceptors (Lipinski definition) is 6. The van der Waals surface area contributed by atoms with Gasteiger partial charge in [-0.1, -0.05) is 66.5 Å². The lowest BCUT2D eigenvalue weighted by molar-refractivity contribution is -0.183. The molecule has 0 spiro atoms. The molecule has 8 nitrogen and oxygen atoms in total. The van der Waals surface area contributed by atoms with E-state index in [0.717, 1.165) is 4.31 Å². The Bertz CT molecular complexity index is 1570. The molecule has 1 saturated carbocycles. The summed E-state index contributed by atoms with van der Waals surface area (Å²) in [4.78, 5) is 16.0. The number of rotatable bonds is 12. The summed E-state index contributed by atoms with van der Waals surface area (Å²) in [5.74, 6) is -1.17. The minimum absolute atomic E-state index is 0.0831. The van der Waals surface area contributed by atoms with Crippen LogP contribution in [0.25, 0.3) is 0 Å². The van der Waals surface area contributed by atoms with Crippen LogP contribution in [0.1, 0.15) is 55.9 Å². The van der Waals surface area contributed by atoms with Crippen molar-refractivity contribution in [3.63, 3.8) is 0 Å². The Labute approximate surface area is 267 Å². The van der Waals surface area contributed by atoms with E-state index < -0.39 is 64.0 Å². The van der Waals surface area contributed by atoms with Crippen molar-refractivity contribution >= 4 is 44.8 Å². The van der Waals surface area contributed by atoms with E-state index in [4.69, 9.17) is 27.9 Å². The van der Waals surface area contributed by atoms with Crippen LogP contribution >= 0.6 is 23.2 Å².